The average molecular weight is 293 g/mol. The number of hydrogen-bond acceptors (Lipinski definition) is 2. The quantitative estimate of drug-likeness (QED) is 0.626. The van der Waals surface area contributed by atoms with Crippen LogP contribution in [0.4, 0.5) is 8.78 Å². The van der Waals surface area contributed by atoms with Crippen LogP contribution in [0.3, 0.4) is 0 Å². The highest BCUT2D eigenvalue weighted by Crippen LogP contribution is 2.22. The van der Waals surface area contributed by atoms with Crippen molar-refractivity contribution in [3.63, 3.8) is 0 Å². The summed E-state index contributed by atoms with van der Waals surface area (Å²) < 4.78 is 28.3. The maximum absolute atomic E-state index is 12.0. The Morgan fingerprint density at radius 2 is 2.06 bits per heavy atom. The van der Waals surface area contributed by atoms with Gasteiger partial charge in [0.2, 0.25) is 0 Å². The lowest BCUT2D eigenvalue weighted by Crippen LogP contribution is -2.10. The van der Waals surface area contributed by atoms with E-state index < -0.39 is 6.61 Å². The number of hydrogen-bond donors (Lipinski definition) is 0. The fraction of sp³-hybridized carbons (Fsp3) is 0.364. The zero-order valence-corrected chi connectivity index (χ0v) is 10.4. The molecule has 0 aliphatic rings. The maximum atomic E-state index is 12.0. The third-order valence-corrected chi connectivity index (χ3v) is 2.45. The number of carbonyl (C=O) groups excluding carboxylic acids is 1. The van der Waals surface area contributed by atoms with Crippen molar-refractivity contribution < 1.29 is 18.3 Å². The van der Waals surface area contributed by atoms with Crippen molar-refractivity contribution in [1.29, 1.82) is 0 Å². The summed E-state index contributed by atoms with van der Waals surface area (Å²) in [5.74, 6) is 0.000437. The fourth-order valence-electron chi connectivity index (χ4n) is 1.26. The first-order valence-corrected chi connectivity index (χ1v) is 5.57. The molecule has 16 heavy (non-hydrogen) atoms. The number of ketones is 1. The van der Waals surface area contributed by atoms with Gasteiger partial charge >= 0.3 is 6.61 Å². The first-order chi connectivity index (χ1) is 7.41. The van der Waals surface area contributed by atoms with Crippen LogP contribution in [0.25, 0.3) is 0 Å². The minimum Gasteiger partial charge on any atom is -0.435 e. The Bertz CT molecular complexity index is 392. The van der Waals surface area contributed by atoms with Crippen LogP contribution in [-0.2, 0) is 0 Å². The maximum Gasteiger partial charge on any atom is 0.387 e. The summed E-state index contributed by atoms with van der Waals surface area (Å²) in [6.45, 7) is 0.476. The number of ether oxygens (including phenoxy) is 1. The molecular weight excluding hydrogens is 282 g/mol. The van der Waals surface area contributed by atoms with Gasteiger partial charge in [-0.05, 0) is 37.6 Å². The van der Waals surface area contributed by atoms with Gasteiger partial charge in [-0.15, -0.1) is 0 Å². The Labute approximate surface area is 101 Å². The van der Waals surface area contributed by atoms with Gasteiger partial charge in [0.05, 0.1) is 4.83 Å². The minimum absolute atomic E-state index is 0.0910. The smallest absolute Gasteiger partial charge is 0.387 e. The molecule has 0 bridgehead atoms. The molecule has 0 heterocycles. The van der Waals surface area contributed by atoms with E-state index in [9.17, 15) is 13.6 Å². The van der Waals surface area contributed by atoms with E-state index in [-0.39, 0.29) is 16.4 Å². The van der Waals surface area contributed by atoms with Crippen molar-refractivity contribution in [2.24, 2.45) is 0 Å². The van der Waals surface area contributed by atoms with E-state index in [1.807, 2.05) is 0 Å². The van der Waals surface area contributed by atoms with Crippen molar-refractivity contribution in [2.75, 3.05) is 0 Å². The van der Waals surface area contributed by atoms with Gasteiger partial charge < -0.3 is 4.74 Å². The van der Waals surface area contributed by atoms with Crippen LogP contribution in [0.2, 0.25) is 0 Å². The van der Waals surface area contributed by atoms with Crippen molar-refractivity contribution in [2.45, 2.75) is 25.3 Å². The Kier molecular flexibility index (Phi) is 4.41. The lowest BCUT2D eigenvalue weighted by atomic mass is 10.1. The fourth-order valence-corrected chi connectivity index (χ4v) is 1.52. The highest BCUT2D eigenvalue weighted by Gasteiger charge is 2.14. The molecule has 0 aliphatic heterocycles. The standard InChI is InChI=1S/C11H11BrF2O2/c1-6-5-8(10(15)7(2)12)3-4-9(6)16-11(13)14/h3-5,7,11H,1-2H3. The van der Waals surface area contributed by atoms with E-state index in [0.29, 0.717) is 11.1 Å². The van der Waals surface area contributed by atoms with E-state index >= 15 is 0 Å². The molecular formula is C11H11BrF2O2. The van der Waals surface area contributed by atoms with Crippen molar-refractivity contribution in [1.82, 2.24) is 0 Å². The number of halogens is 3. The second-order valence-electron chi connectivity index (χ2n) is 3.34. The SMILES string of the molecule is Cc1cc(C(=O)C(C)Br)ccc1OC(F)F. The molecule has 0 saturated carbocycles. The van der Waals surface area contributed by atoms with Crippen molar-refractivity contribution in [3.8, 4) is 5.75 Å². The molecule has 1 aromatic rings. The van der Waals surface area contributed by atoms with E-state index in [2.05, 4.69) is 20.7 Å². The normalized spacial score (nSPS) is 12.6. The molecule has 0 aromatic heterocycles. The van der Waals surface area contributed by atoms with Gasteiger partial charge in [0.1, 0.15) is 5.75 Å². The molecule has 1 unspecified atom stereocenters. The second kappa shape index (κ2) is 5.39. The molecule has 1 atom stereocenters. The highest BCUT2D eigenvalue weighted by molar-refractivity contribution is 9.10. The number of benzene rings is 1. The van der Waals surface area contributed by atoms with Gasteiger partial charge in [-0.3, -0.25) is 4.79 Å². The van der Waals surface area contributed by atoms with Gasteiger partial charge in [0.15, 0.2) is 5.78 Å². The van der Waals surface area contributed by atoms with Crippen LogP contribution in [0.15, 0.2) is 18.2 Å². The van der Waals surface area contributed by atoms with Crippen LogP contribution >= 0.6 is 15.9 Å². The zero-order chi connectivity index (χ0) is 12.3. The van der Waals surface area contributed by atoms with Gasteiger partial charge in [-0.1, -0.05) is 15.9 Å². The lowest BCUT2D eigenvalue weighted by Gasteiger charge is -2.09. The molecule has 0 aliphatic carbocycles. The summed E-state index contributed by atoms with van der Waals surface area (Å²) >= 11 is 3.16. The zero-order valence-electron chi connectivity index (χ0n) is 8.84. The average Bonchev–Trinajstić information content (AvgIpc) is 2.19. The Morgan fingerprint density at radius 1 is 1.44 bits per heavy atom. The van der Waals surface area contributed by atoms with Crippen LogP contribution in [0.5, 0.6) is 5.75 Å². The minimum atomic E-state index is -2.85. The second-order valence-corrected chi connectivity index (χ2v) is 4.71. The highest BCUT2D eigenvalue weighted by atomic mass is 79.9. The van der Waals surface area contributed by atoms with Gasteiger partial charge in [-0.25, -0.2) is 0 Å². The Morgan fingerprint density at radius 3 is 2.50 bits per heavy atom. The number of Topliss-reactive ketones (excluding diaryl/α,β-unsaturated/α-hetero) is 1. The van der Waals surface area contributed by atoms with Crippen molar-refractivity contribution >= 4 is 21.7 Å². The Balaban J connectivity index is 2.95. The third kappa shape index (κ3) is 3.27. The summed E-state index contributed by atoms with van der Waals surface area (Å²) in [6.07, 6.45) is 0. The third-order valence-electron chi connectivity index (χ3n) is 2.04. The van der Waals surface area contributed by atoms with E-state index in [0.717, 1.165) is 0 Å². The number of alkyl halides is 3. The van der Waals surface area contributed by atoms with Gasteiger partial charge in [-0.2, -0.15) is 8.78 Å². The van der Waals surface area contributed by atoms with Crippen LogP contribution in [0.1, 0.15) is 22.8 Å². The molecule has 2 nitrogen and oxygen atoms in total. The first-order valence-electron chi connectivity index (χ1n) is 4.65. The number of rotatable bonds is 4. The van der Waals surface area contributed by atoms with Crippen molar-refractivity contribution in [3.05, 3.63) is 29.3 Å². The number of aryl methyl sites for hydroxylation is 1. The molecule has 0 fully saturated rings. The summed E-state index contributed by atoms with van der Waals surface area (Å²) in [7, 11) is 0. The summed E-state index contributed by atoms with van der Waals surface area (Å²) in [5, 5.41) is 0. The molecule has 1 aromatic carbocycles. The van der Waals surface area contributed by atoms with E-state index in [4.69, 9.17) is 0 Å². The summed E-state index contributed by atoms with van der Waals surface area (Å²) in [5.41, 5.74) is 0.989. The van der Waals surface area contributed by atoms with Crippen LogP contribution < -0.4 is 4.74 Å². The molecule has 0 radical (unpaired) electrons. The van der Waals surface area contributed by atoms with Crippen LogP contribution in [-0.4, -0.2) is 17.2 Å². The largest absolute Gasteiger partial charge is 0.435 e. The summed E-state index contributed by atoms with van der Waals surface area (Å²) in [4.78, 5) is 11.3. The molecule has 5 heteroatoms. The molecule has 0 spiro atoms. The molecule has 0 N–H and O–H groups in total. The molecule has 1 rings (SSSR count). The van der Waals surface area contributed by atoms with E-state index in [1.165, 1.54) is 18.2 Å². The topological polar surface area (TPSA) is 26.3 Å². The number of carbonyl (C=O) groups is 1. The molecule has 88 valence electrons. The summed E-state index contributed by atoms with van der Waals surface area (Å²) in [6, 6.07) is 4.40. The lowest BCUT2D eigenvalue weighted by molar-refractivity contribution is -0.0502. The Hall–Kier alpha value is -0.970. The monoisotopic (exact) mass is 292 g/mol. The van der Waals surface area contributed by atoms with Gasteiger partial charge in [0, 0.05) is 5.56 Å². The predicted octanol–water partition coefficient (Wildman–Crippen LogP) is 3.56. The van der Waals surface area contributed by atoms with Crippen LogP contribution in [0, 0.1) is 6.92 Å². The van der Waals surface area contributed by atoms with Gasteiger partial charge in [0.25, 0.3) is 0 Å². The first kappa shape index (κ1) is 13.1. The predicted molar refractivity (Wildman–Crippen MR) is 60.5 cm³/mol. The van der Waals surface area contributed by atoms with E-state index in [1.54, 1.807) is 13.8 Å². The molecule has 0 saturated heterocycles. The molecule has 0 amide bonds.